The van der Waals surface area contributed by atoms with Gasteiger partial charge in [-0.05, 0) is 17.9 Å². The van der Waals surface area contributed by atoms with Crippen molar-refractivity contribution >= 4 is 5.91 Å². The first kappa shape index (κ1) is 11.5. The van der Waals surface area contributed by atoms with Gasteiger partial charge in [-0.15, -0.1) is 0 Å². The van der Waals surface area contributed by atoms with E-state index in [2.05, 4.69) is 10.3 Å². The van der Waals surface area contributed by atoms with E-state index in [4.69, 9.17) is 4.74 Å². The Morgan fingerprint density at radius 2 is 2.17 bits per heavy atom. The maximum Gasteiger partial charge on any atom is 0.257 e. The number of rotatable bonds is 2. The number of hydrogen-bond acceptors (Lipinski definition) is 4. The molecule has 2 aliphatic rings. The van der Waals surface area contributed by atoms with Gasteiger partial charge in [0.1, 0.15) is 5.75 Å². The highest BCUT2D eigenvalue weighted by atomic mass is 16.5. The summed E-state index contributed by atoms with van der Waals surface area (Å²) in [5, 5.41) is 3.37. The monoisotopic (exact) mass is 247 g/mol. The van der Waals surface area contributed by atoms with Gasteiger partial charge in [-0.2, -0.15) is 0 Å². The predicted molar refractivity (Wildman–Crippen MR) is 66.5 cm³/mol. The Balaban J connectivity index is 1.79. The molecule has 0 aliphatic carbocycles. The summed E-state index contributed by atoms with van der Waals surface area (Å²) >= 11 is 0. The van der Waals surface area contributed by atoms with E-state index in [1.165, 1.54) is 0 Å². The number of ether oxygens (including phenoxy) is 1. The van der Waals surface area contributed by atoms with Gasteiger partial charge in [0.15, 0.2) is 0 Å². The topological polar surface area (TPSA) is 54.5 Å². The van der Waals surface area contributed by atoms with Crippen molar-refractivity contribution in [2.45, 2.75) is 0 Å². The van der Waals surface area contributed by atoms with Gasteiger partial charge < -0.3 is 15.0 Å². The average Bonchev–Trinajstić information content (AvgIpc) is 2.98. The molecular formula is C13H17N3O2. The summed E-state index contributed by atoms with van der Waals surface area (Å²) < 4.78 is 5.20. The normalized spacial score (nSPS) is 26.2. The van der Waals surface area contributed by atoms with Crippen LogP contribution in [0.3, 0.4) is 0 Å². The van der Waals surface area contributed by atoms with Crippen LogP contribution in [0.4, 0.5) is 0 Å². The molecule has 2 fully saturated rings. The Bertz CT molecular complexity index is 451. The molecule has 2 atom stereocenters. The van der Waals surface area contributed by atoms with Gasteiger partial charge in [0.05, 0.1) is 18.9 Å². The molecule has 0 bridgehead atoms. The van der Waals surface area contributed by atoms with Crippen LogP contribution in [0.1, 0.15) is 10.4 Å². The van der Waals surface area contributed by atoms with Crippen LogP contribution < -0.4 is 10.1 Å². The van der Waals surface area contributed by atoms with Gasteiger partial charge >= 0.3 is 0 Å². The molecule has 5 heteroatoms. The van der Waals surface area contributed by atoms with Crippen molar-refractivity contribution in [1.29, 1.82) is 0 Å². The van der Waals surface area contributed by atoms with Gasteiger partial charge in [-0.1, -0.05) is 0 Å². The van der Waals surface area contributed by atoms with E-state index in [1.807, 2.05) is 4.90 Å². The van der Waals surface area contributed by atoms with Crippen molar-refractivity contribution in [1.82, 2.24) is 15.2 Å². The van der Waals surface area contributed by atoms with Crippen molar-refractivity contribution in [3.8, 4) is 5.75 Å². The minimum Gasteiger partial charge on any atom is -0.494 e. The summed E-state index contributed by atoms with van der Waals surface area (Å²) in [6.45, 7) is 3.76. The smallest absolute Gasteiger partial charge is 0.257 e. The van der Waals surface area contributed by atoms with E-state index < -0.39 is 0 Å². The molecular weight excluding hydrogens is 230 g/mol. The lowest BCUT2D eigenvalue weighted by Crippen LogP contribution is -2.32. The second-order valence-corrected chi connectivity index (χ2v) is 4.96. The number of hydrogen-bond donors (Lipinski definition) is 1. The molecule has 1 amide bonds. The van der Waals surface area contributed by atoms with Crippen molar-refractivity contribution in [3.63, 3.8) is 0 Å². The van der Waals surface area contributed by atoms with Crippen LogP contribution in [0.5, 0.6) is 5.75 Å². The van der Waals surface area contributed by atoms with E-state index in [9.17, 15) is 4.79 Å². The number of likely N-dealkylation sites (tertiary alicyclic amines) is 1. The number of methoxy groups -OCH3 is 1. The minimum atomic E-state index is 0.0589. The second kappa shape index (κ2) is 4.57. The first-order valence-electron chi connectivity index (χ1n) is 6.27. The van der Waals surface area contributed by atoms with Crippen molar-refractivity contribution in [2.24, 2.45) is 11.8 Å². The number of nitrogens with one attached hydrogen (secondary N) is 1. The van der Waals surface area contributed by atoms with Crippen molar-refractivity contribution < 1.29 is 9.53 Å². The number of aromatic nitrogens is 1. The Hall–Kier alpha value is -1.62. The largest absolute Gasteiger partial charge is 0.494 e. The van der Waals surface area contributed by atoms with Gasteiger partial charge in [0.2, 0.25) is 0 Å². The third-order valence-electron chi connectivity index (χ3n) is 3.91. The van der Waals surface area contributed by atoms with Gasteiger partial charge in [0.25, 0.3) is 5.91 Å². The van der Waals surface area contributed by atoms with E-state index in [1.54, 1.807) is 25.6 Å². The number of amides is 1. The zero-order valence-electron chi connectivity index (χ0n) is 10.4. The summed E-state index contributed by atoms with van der Waals surface area (Å²) in [4.78, 5) is 18.4. The summed E-state index contributed by atoms with van der Waals surface area (Å²) in [5.74, 6) is 1.84. The fraction of sp³-hybridized carbons (Fsp3) is 0.538. The zero-order chi connectivity index (χ0) is 12.5. The maximum absolute atomic E-state index is 12.5. The van der Waals surface area contributed by atoms with Crippen LogP contribution in [0.2, 0.25) is 0 Å². The van der Waals surface area contributed by atoms with Crippen LogP contribution in [0, 0.1) is 11.8 Å². The SMILES string of the molecule is COc1cnccc1C(=O)N1C[C@H]2CNC[C@H]2C1. The second-order valence-electron chi connectivity index (χ2n) is 4.96. The fourth-order valence-electron chi connectivity index (χ4n) is 2.91. The van der Waals surface area contributed by atoms with Crippen LogP contribution in [-0.4, -0.2) is 49.1 Å². The van der Waals surface area contributed by atoms with E-state index in [0.717, 1.165) is 26.2 Å². The number of nitrogens with zero attached hydrogens (tertiary/aromatic N) is 2. The van der Waals surface area contributed by atoms with Crippen LogP contribution in [0.25, 0.3) is 0 Å². The molecule has 2 saturated heterocycles. The van der Waals surface area contributed by atoms with Crippen LogP contribution in [-0.2, 0) is 0 Å². The van der Waals surface area contributed by atoms with E-state index >= 15 is 0 Å². The third kappa shape index (κ3) is 1.84. The van der Waals surface area contributed by atoms with Crippen molar-refractivity contribution in [3.05, 3.63) is 24.0 Å². The fourth-order valence-corrected chi connectivity index (χ4v) is 2.91. The Kier molecular flexibility index (Phi) is 2.91. The van der Waals surface area contributed by atoms with Crippen LogP contribution >= 0.6 is 0 Å². The molecule has 0 aromatic carbocycles. The molecule has 18 heavy (non-hydrogen) atoms. The molecule has 5 nitrogen and oxygen atoms in total. The van der Waals surface area contributed by atoms with Gasteiger partial charge in [0, 0.05) is 32.4 Å². The van der Waals surface area contributed by atoms with Crippen LogP contribution in [0.15, 0.2) is 18.5 Å². The highest BCUT2D eigenvalue weighted by Crippen LogP contribution is 2.28. The van der Waals surface area contributed by atoms with Crippen molar-refractivity contribution in [2.75, 3.05) is 33.3 Å². The lowest BCUT2D eigenvalue weighted by Gasteiger charge is -2.18. The number of fused-ring (bicyclic) bond motifs is 1. The Labute approximate surface area is 106 Å². The predicted octanol–water partition coefficient (Wildman–Crippen LogP) is 0.382. The Morgan fingerprint density at radius 3 is 2.83 bits per heavy atom. The summed E-state index contributed by atoms with van der Waals surface area (Å²) in [6.07, 6.45) is 3.22. The molecule has 1 aromatic heterocycles. The quantitative estimate of drug-likeness (QED) is 0.821. The zero-order valence-corrected chi connectivity index (χ0v) is 10.4. The first-order valence-corrected chi connectivity index (χ1v) is 6.27. The molecule has 0 spiro atoms. The molecule has 96 valence electrons. The van der Waals surface area contributed by atoms with E-state index in [0.29, 0.717) is 23.1 Å². The molecule has 0 saturated carbocycles. The van der Waals surface area contributed by atoms with E-state index in [-0.39, 0.29) is 5.91 Å². The molecule has 0 radical (unpaired) electrons. The number of carbonyl (C=O) groups is 1. The number of carbonyl (C=O) groups excluding carboxylic acids is 1. The molecule has 3 rings (SSSR count). The number of pyridine rings is 1. The lowest BCUT2D eigenvalue weighted by atomic mass is 10.0. The molecule has 1 N–H and O–H groups in total. The maximum atomic E-state index is 12.5. The highest BCUT2D eigenvalue weighted by molar-refractivity contribution is 5.97. The van der Waals surface area contributed by atoms with Gasteiger partial charge in [-0.3, -0.25) is 9.78 Å². The summed E-state index contributed by atoms with van der Waals surface area (Å²) in [6, 6.07) is 1.73. The van der Waals surface area contributed by atoms with Gasteiger partial charge in [-0.25, -0.2) is 0 Å². The summed E-state index contributed by atoms with van der Waals surface area (Å²) in [7, 11) is 1.57. The molecule has 2 aliphatic heterocycles. The minimum absolute atomic E-state index is 0.0589. The summed E-state index contributed by atoms with van der Waals surface area (Å²) in [5.41, 5.74) is 0.612. The lowest BCUT2D eigenvalue weighted by molar-refractivity contribution is 0.0778. The molecule has 0 unspecified atom stereocenters. The standard InChI is InChI=1S/C13H17N3O2/c1-18-12-6-14-3-2-11(12)13(17)16-7-9-4-15-5-10(9)8-16/h2-3,6,9-10,15H,4-5,7-8H2,1H3/t9-,10+. The first-order chi connectivity index (χ1) is 8.79. The molecule has 1 aromatic rings. The highest BCUT2D eigenvalue weighted by Gasteiger charge is 2.38. The Morgan fingerprint density at radius 1 is 1.44 bits per heavy atom. The third-order valence-corrected chi connectivity index (χ3v) is 3.91. The average molecular weight is 247 g/mol. The molecule has 3 heterocycles.